The van der Waals surface area contributed by atoms with E-state index in [0.29, 0.717) is 11.3 Å². The van der Waals surface area contributed by atoms with Crippen LogP contribution >= 0.6 is 0 Å². The molecule has 0 aliphatic carbocycles. The van der Waals surface area contributed by atoms with Crippen LogP contribution in [0.4, 0.5) is 10.1 Å². The van der Waals surface area contributed by atoms with Crippen molar-refractivity contribution < 1.29 is 14.1 Å². The van der Waals surface area contributed by atoms with Gasteiger partial charge in [0.15, 0.2) is 0 Å². The predicted molar refractivity (Wildman–Crippen MR) is 66.8 cm³/mol. The van der Waals surface area contributed by atoms with Crippen molar-refractivity contribution in [2.75, 3.05) is 0 Å². The van der Waals surface area contributed by atoms with Gasteiger partial charge in [0.1, 0.15) is 5.82 Å². The van der Waals surface area contributed by atoms with Gasteiger partial charge in [0.2, 0.25) is 11.6 Å². The van der Waals surface area contributed by atoms with Gasteiger partial charge in [0.05, 0.1) is 22.6 Å². The number of nitro groups is 1. The van der Waals surface area contributed by atoms with Gasteiger partial charge in [-0.3, -0.25) is 10.1 Å². The molecule has 100 valence electrons. The minimum Gasteiger partial charge on any atom is -0.432 e. The Kier molecular flexibility index (Phi) is 3.57. The van der Waals surface area contributed by atoms with E-state index >= 15 is 0 Å². The summed E-state index contributed by atoms with van der Waals surface area (Å²) in [7, 11) is 0. The van der Waals surface area contributed by atoms with Crippen LogP contribution in [0.2, 0.25) is 0 Å². The molecule has 0 saturated heterocycles. The van der Waals surface area contributed by atoms with Gasteiger partial charge >= 0.3 is 5.69 Å². The fourth-order valence-corrected chi connectivity index (χ4v) is 1.59. The molecule has 1 heterocycles. The number of halogens is 1. The molecule has 0 fully saturated rings. The Morgan fingerprint density at radius 2 is 2.15 bits per heavy atom. The summed E-state index contributed by atoms with van der Waals surface area (Å²) in [5.41, 5.74) is 0.341. The molecular weight excluding hydrogens is 265 g/mol. The van der Waals surface area contributed by atoms with Gasteiger partial charge in [-0.05, 0) is 25.1 Å². The number of rotatable bonds is 3. The molecule has 0 spiro atoms. The van der Waals surface area contributed by atoms with E-state index in [-0.39, 0.29) is 11.6 Å². The summed E-state index contributed by atoms with van der Waals surface area (Å²) in [5, 5.41) is 19.7. The standard InChI is InChI=1S/C13H8FN3O3/c1-8-4-9(7-15)5-13(16-8)20-12-3-2-10(14)6-11(12)17(18)19/h2-6H,1H3. The minimum absolute atomic E-state index is 0.0382. The van der Waals surface area contributed by atoms with E-state index in [9.17, 15) is 14.5 Å². The maximum atomic E-state index is 13.0. The second-order valence-electron chi connectivity index (χ2n) is 3.92. The first-order valence-corrected chi connectivity index (χ1v) is 5.50. The zero-order valence-electron chi connectivity index (χ0n) is 10.3. The molecule has 1 aromatic carbocycles. The fourth-order valence-electron chi connectivity index (χ4n) is 1.59. The van der Waals surface area contributed by atoms with Crippen LogP contribution < -0.4 is 4.74 Å². The molecule has 0 N–H and O–H groups in total. The zero-order chi connectivity index (χ0) is 14.7. The molecule has 0 unspecified atom stereocenters. The second-order valence-corrected chi connectivity index (χ2v) is 3.92. The maximum Gasteiger partial charge on any atom is 0.314 e. The number of pyridine rings is 1. The lowest BCUT2D eigenvalue weighted by Gasteiger charge is -2.06. The molecule has 7 heteroatoms. The van der Waals surface area contributed by atoms with E-state index in [0.717, 1.165) is 18.2 Å². The molecule has 6 nitrogen and oxygen atoms in total. The van der Waals surface area contributed by atoms with Crippen molar-refractivity contribution in [1.29, 1.82) is 5.26 Å². The normalized spacial score (nSPS) is 9.85. The monoisotopic (exact) mass is 273 g/mol. The van der Waals surface area contributed by atoms with Gasteiger partial charge in [-0.1, -0.05) is 0 Å². The molecular formula is C13H8FN3O3. The smallest absolute Gasteiger partial charge is 0.314 e. The highest BCUT2D eigenvalue weighted by molar-refractivity contribution is 5.48. The Morgan fingerprint density at radius 1 is 1.40 bits per heavy atom. The van der Waals surface area contributed by atoms with Crippen molar-refractivity contribution in [2.24, 2.45) is 0 Å². The molecule has 0 radical (unpaired) electrons. The van der Waals surface area contributed by atoms with Crippen LogP contribution in [-0.4, -0.2) is 9.91 Å². The molecule has 1 aromatic heterocycles. The van der Waals surface area contributed by atoms with E-state index < -0.39 is 16.4 Å². The highest BCUT2D eigenvalue weighted by atomic mass is 19.1. The van der Waals surface area contributed by atoms with E-state index in [1.54, 1.807) is 13.0 Å². The number of ether oxygens (including phenoxy) is 1. The third-order valence-electron chi connectivity index (χ3n) is 2.39. The lowest BCUT2D eigenvalue weighted by molar-refractivity contribution is -0.385. The second kappa shape index (κ2) is 5.32. The molecule has 2 rings (SSSR count). The van der Waals surface area contributed by atoms with E-state index in [1.165, 1.54) is 6.07 Å². The number of nitro benzene ring substituents is 1. The van der Waals surface area contributed by atoms with Crippen molar-refractivity contribution in [3.05, 3.63) is 57.5 Å². The van der Waals surface area contributed by atoms with Gasteiger partial charge < -0.3 is 4.74 Å². The summed E-state index contributed by atoms with van der Waals surface area (Å²) in [5.74, 6) is -0.839. The van der Waals surface area contributed by atoms with Gasteiger partial charge in [0, 0.05) is 11.8 Å². The number of benzene rings is 1. The van der Waals surface area contributed by atoms with E-state index in [1.807, 2.05) is 6.07 Å². The Labute approximate surface area is 113 Å². The molecule has 0 amide bonds. The Bertz CT molecular complexity index is 725. The third-order valence-corrected chi connectivity index (χ3v) is 2.39. The first-order valence-electron chi connectivity index (χ1n) is 5.50. The molecule has 20 heavy (non-hydrogen) atoms. The number of hydrogen-bond donors (Lipinski definition) is 0. The maximum absolute atomic E-state index is 13.0. The summed E-state index contributed by atoms with van der Waals surface area (Å²) >= 11 is 0. The number of nitriles is 1. The highest BCUT2D eigenvalue weighted by Crippen LogP contribution is 2.31. The third kappa shape index (κ3) is 2.87. The van der Waals surface area contributed by atoms with Crippen molar-refractivity contribution in [3.63, 3.8) is 0 Å². The van der Waals surface area contributed by atoms with Crippen LogP contribution in [0.3, 0.4) is 0 Å². The molecule has 0 aliphatic heterocycles. The largest absolute Gasteiger partial charge is 0.432 e. The molecule has 0 aliphatic rings. The zero-order valence-corrected chi connectivity index (χ0v) is 10.3. The topological polar surface area (TPSA) is 89.0 Å². The number of nitrogens with zero attached hydrogens (tertiary/aromatic N) is 3. The van der Waals surface area contributed by atoms with Crippen molar-refractivity contribution in [1.82, 2.24) is 4.98 Å². The minimum atomic E-state index is -0.751. The van der Waals surface area contributed by atoms with E-state index in [2.05, 4.69) is 4.98 Å². The average molecular weight is 273 g/mol. The number of aromatic nitrogens is 1. The summed E-state index contributed by atoms with van der Waals surface area (Å²) in [4.78, 5) is 14.1. The molecule has 0 bridgehead atoms. The molecule has 0 saturated carbocycles. The Balaban J connectivity index is 2.42. The molecule has 2 aromatic rings. The summed E-state index contributed by atoms with van der Waals surface area (Å²) in [6.45, 7) is 1.66. The number of aryl methyl sites for hydroxylation is 1. The van der Waals surface area contributed by atoms with Crippen LogP contribution in [0.5, 0.6) is 11.6 Å². The van der Waals surface area contributed by atoms with Crippen molar-refractivity contribution in [3.8, 4) is 17.7 Å². The summed E-state index contributed by atoms with van der Waals surface area (Å²) in [6.07, 6.45) is 0. The SMILES string of the molecule is Cc1cc(C#N)cc(Oc2ccc(F)cc2[N+](=O)[O-])n1. The Hall–Kier alpha value is -3.01. The summed E-state index contributed by atoms with van der Waals surface area (Å²) in [6, 6.07) is 7.77. The average Bonchev–Trinajstić information content (AvgIpc) is 2.40. The van der Waals surface area contributed by atoms with Crippen LogP contribution in [-0.2, 0) is 0 Å². The fraction of sp³-hybridized carbons (Fsp3) is 0.0769. The lowest BCUT2D eigenvalue weighted by atomic mass is 10.2. The van der Waals surface area contributed by atoms with Crippen molar-refractivity contribution >= 4 is 5.69 Å². The van der Waals surface area contributed by atoms with Crippen molar-refractivity contribution in [2.45, 2.75) is 6.92 Å². The first kappa shape index (κ1) is 13.4. The lowest BCUT2D eigenvalue weighted by Crippen LogP contribution is -1.96. The van der Waals surface area contributed by atoms with Gasteiger partial charge in [-0.25, -0.2) is 9.37 Å². The number of hydrogen-bond acceptors (Lipinski definition) is 5. The predicted octanol–water partition coefficient (Wildman–Crippen LogP) is 3.10. The molecule has 0 atom stereocenters. The van der Waals surface area contributed by atoms with Crippen LogP contribution in [0, 0.1) is 34.2 Å². The van der Waals surface area contributed by atoms with Gasteiger partial charge in [0.25, 0.3) is 0 Å². The van der Waals surface area contributed by atoms with Gasteiger partial charge in [-0.2, -0.15) is 5.26 Å². The first-order chi connectivity index (χ1) is 9.49. The summed E-state index contributed by atoms with van der Waals surface area (Å²) < 4.78 is 18.3. The highest BCUT2D eigenvalue weighted by Gasteiger charge is 2.17. The van der Waals surface area contributed by atoms with E-state index in [4.69, 9.17) is 10.00 Å². The quantitative estimate of drug-likeness (QED) is 0.633. The van der Waals surface area contributed by atoms with Gasteiger partial charge in [-0.15, -0.1) is 0 Å². The van der Waals surface area contributed by atoms with Crippen LogP contribution in [0.15, 0.2) is 30.3 Å². The van der Waals surface area contributed by atoms with Crippen LogP contribution in [0.25, 0.3) is 0 Å². The van der Waals surface area contributed by atoms with Crippen LogP contribution in [0.1, 0.15) is 11.3 Å². The Morgan fingerprint density at radius 3 is 2.80 bits per heavy atom.